The van der Waals surface area contributed by atoms with Gasteiger partial charge >= 0.3 is 6.18 Å². The Morgan fingerprint density at radius 2 is 1.76 bits per heavy atom. The molecule has 1 aromatic carbocycles. The zero-order valence-corrected chi connectivity index (χ0v) is 21.6. The number of hydrogen-bond acceptors (Lipinski definition) is 5. The van der Waals surface area contributed by atoms with Gasteiger partial charge in [0, 0.05) is 17.3 Å². The SMILES string of the molecule is CC.N#CC1CCCCC1N/C=C(/C(N)=O)C(N)=Nc1ccc(Cl)cc1.O=CNC(C1CC1)C(F)(F)F. The molecule has 3 rings (SSSR count). The first kappa shape index (κ1) is 31.8. The van der Waals surface area contributed by atoms with Gasteiger partial charge in [0.1, 0.15) is 11.9 Å². The maximum Gasteiger partial charge on any atom is 0.408 e. The van der Waals surface area contributed by atoms with Gasteiger partial charge in [0.05, 0.1) is 23.2 Å². The van der Waals surface area contributed by atoms with E-state index in [2.05, 4.69) is 16.4 Å². The Bertz CT molecular complexity index is 972. The van der Waals surface area contributed by atoms with Gasteiger partial charge in [-0.1, -0.05) is 38.3 Å². The minimum Gasteiger partial charge on any atom is -0.386 e. The third kappa shape index (κ3) is 11.1. The quantitative estimate of drug-likeness (QED) is 0.166. The van der Waals surface area contributed by atoms with E-state index in [4.69, 9.17) is 23.1 Å². The Hall–Kier alpha value is -3.26. The zero-order chi connectivity index (χ0) is 28.0. The second kappa shape index (κ2) is 15.8. The van der Waals surface area contributed by atoms with Crippen LogP contribution < -0.4 is 22.1 Å². The second-order valence-electron chi connectivity index (χ2n) is 8.33. The molecule has 3 atom stereocenters. The number of amidine groups is 1. The van der Waals surface area contributed by atoms with Crippen molar-refractivity contribution in [3.8, 4) is 6.07 Å². The largest absolute Gasteiger partial charge is 0.408 e. The number of carbonyl (C=O) groups is 2. The van der Waals surface area contributed by atoms with Gasteiger partial charge in [0.25, 0.3) is 5.91 Å². The van der Waals surface area contributed by atoms with Crippen LogP contribution in [0, 0.1) is 23.2 Å². The molecule has 8 nitrogen and oxygen atoms in total. The fourth-order valence-corrected chi connectivity index (χ4v) is 3.79. The number of nitrogens with zero attached hydrogens (tertiary/aromatic N) is 2. The Morgan fingerprint density at radius 3 is 2.24 bits per heavy atom. The van der Waals surface area contributed by atoms with E-state index in [0.29, 0.717) is 23.6 Å². The van der Waals surface area contributed by atoms with Crippen molar-refractivity contribution in [2.45, 2.75) is 70.6 Å². The van der Waals surface area contributed by atoms with E-state index in [0.717, 1.165) is 25.7 Å². The van der Waals surface area contributed by atoms with E-state index in [-0.39, 0.29) is 35.7 Å². The summed E-state index contributed by atoms with van der Waals surface area (Å²) in [6.45, 7) is 4.00. The summed E-state index contributed by atoms with van der Waals surface area (Å²) in [6.07, 6.45) is 2.22. The number of rotatable bonds is 8. The van der Waals surface area contributed by atoms with Crippen LogP contribution in [0.25, 0.3) is 0 Å². The molecule has 2 aliphatic rings. The summed E-state index contributed by atoms with van der Waals surface area (Å²) in [7, 11) is 0. The molecular formula is C25H34ClF3N6O2. The number of benzene rings is 1. The smallest absolute Gasteiger partial charge is 0.386 e. The molecule has 0 radical (unpaired) electrons. The molecule has 3 unspecified atom stereocenters. The molecule has 2 aliphatic carbocycles. The normalized spacial score (nSPS) is 20.6. The minimum atomic E-state index is -4.29. The fourth-order valence-electron chi connectivity index (χ4n) is 3.66. The first-order valence-electron chi connectivity index (χ1n) is 12.1. The number of nitrogens with one attached hydrogen (secondary N) is 2. The summed E-state index contributed by atoms with van der Waals surface area (Å²) in [4.78, 5) is 25.6. The lowest BCUT2D eigenvalue weighted by Crippen LogP contribution is -2.43. The van der Waals surface area contributed by atoms with Crippen molar-refractivity contribution < 1.29 is 22.8 Å². The predicted molar refractivity (Wildman–Crippen MR) is 138 cm³/mol. The van der Waals surface area contributed by atoms with Crippen LogP contribution in [0.5, 0.6) is 0 Å². The van der Waals surface area contributed by atoms with E-state index in [1.165, 1.54) is 6.20 Å². The molecule has 12 heteroatoms. The van der Waals surface area contributed by atoms with Crippen molar-refractivity contribution in [3.05, 3.63) is 41.1 Å². The molecule has 0 bridgehead atoms. The Kier molecular flexibility index (Phi) is 13.5. The van der Waals surface area contributed by atoms with Gasteiger partial charge in [0.2, 0.25) is 6.41 Å². The number of aliphatic imine (C=N–C) groups is 1. The maximum absolute atomic E-state index is 12.0. The van der Waals surface area contributed by atoms with Gasteiger partial charge in [-0.05, 0) is 55.9 Å². The Balaban J connectivity index is 0.000000439. The van der Waals surface area contributed by atoms with Crippen molar-refractivity contribution >= 4 is 35.4 Å². The van der Waals surface area contributed by atoms with Crippen LogP contribution in [0.2, 0.25) is 5.02 Å². The van der Waals surface area contributed by atoms with Crippen LogP contribution in [-0.2, 0) is 9.59 Å². The first-order valence-corrected chi connectivity index (χ1v) is 12.5. The van der Waals surface area contributed by atoms with Gasteiger partial charge in [-0.3, -0.25) is 9.59 Å². The van der Waals surface area contributed by atoms with Gasteiger partial charge in [0.15, 0.2) is 0 Å². The van der Waals surface area contributed by atoms with Gasteiger partial charge in [-0.2, -0.15) is 18.4 Å². The predicted octanol–water partition coefficient (Wildman–Crippen LogP) is 4.47. The van der Waals surface area contributed by atoms with Crippen LogP contribution in [0.1, 0.15) is 52.4 Å². The van der Waals surface area contributed by atoms with E-state index < -0.39 is 18.1 Å². The van der Waals surface area contributed by atoms with Crippen LogP contribution in [0.4, 0.5) is 18.9 Å². The highest BCUT2D eigenvalue weighted by Gasteiger charge is 2.48. The van der Waals surface area contributed by atoms with Crippen molar-refractivity contribution in [2.24, 2.45) is 28.3 Å². The topological polar surface area (TPSA) is 146 Å². The average molecular weight is 543 g/mol. The van der Waals surface area contributed by atoms with Crippen LogP contribution >= 0.6 is 11.6 Å². The van der Waals surface area contributed by atoms with E-state index in [1.54, 1.807) is 29.6 Å². The molecule has 0 spiro atoms. The van der Waals surface area contributed by atoms with Crippen LogP contribution in [0.15, 0.2) is 41.0 Å². The minimum absolute atomic E-state index is 0.0126. The molecule has 0 heterocycles. The summed E-state index contributed by atoms with van der Waals surface area (Å²) >= 11 is 5.82. The Labute approximate surface area is 220 Å². The van der Waals surface area contributed by atoms with Gasteiger partial charge in [-0.25, -0.2) is 4.99 Å². The summed E-state index contributed by atoms with van der Waals surface area (Å²) in [5, 5.41) is 14.7. The molecule has 2 fully saturated rings. The molecule has 2 saturated carbocycles. The highest BCUT2D eigenvalue weighted by molar-refractivity contribution is 6.30. The highest BCUT2D eigenvalue weighted by Crippen LogP contribution is 2.39. The lowest BCUT2D eigenvalue weighted by Gasteiger charge is -2.27. The number of nitrogens with two attached hydrogens (primary N) is 2. The van der Waals surface area contributed by atoms with E-state index in [9.17, 15) is 28.0 Å². The van der Waals surface area contributed by atoms with E-state index >= 15 is 0 Å². The molecule has 0 aromatic heterocycles. The molecule has 2 amide bonds. The molecule has 1 aromatic rings. The van der Waals surface area contributed by atoms with Crippen LogP contribution in [-0.4, -0.2) is 36.4 Å². The van der Waals surface area contributed by atoms with E-state index in [1.807, 2.05) is 13.8 Å². The lowest BCUT2D eigenvalue weighted by molar-refractivity contribution is -0.162. The first-order chi connectivity index (χ1) is 17.6. The monoisotopic (exact) mass is 542 g/mol. The Morgan fingerprint density at radius 1 is 1.16 bits per heavy atom. The third-order valence-corrected chi connectivity index (χ3v) is 5.94. The van der Waals surface area contributed by atoms with Gasteiger partial charge in [-0.15, -0.1) is 0 Å². The molecular weight excluding hydrogens is 509 g/mol. The lowest BCUT2D eigenvalue weighted by atomic mass is 9.85. The average Bonchev–Trinajstić information content (AvgIpc) is 3.70. The number of primary amides is 1. The van der Waals surface area contributed by atoms with Gasteiger partial charge < -0.3 is 22.1 Å². The highest BCUT2D eigenvalue weighted by atomic mass is 35.5. The number of halogens is 4. The maximum atomic E-state index is 12.0. The summed E-state index contributed by atoms with van der Waals surface area (Å²) < 4.78 is 35.9. The zero-order valence-electron chi connectivity index (χ0n) is 20.9. The van der Waals surface area contributed by atoms with Crippen molar-refractivity contribution in [2.75, 3.05) is 0 Å². The standard InChI is InChI=1S/C17H20ClN5O.C6H8F3NO.C2H6/c18-12-5-7-13(8-6-12)23-16(20)14(17(21)24)10-22-15-4-2-1-3-11(15)9-19;7-6(8,9)5(10-3-11)4-1-2-4;1-2/h5-8,10-11,15,22H,1-4H2,(H2,20,23)(H2,21,24);3-5H,1-2H2,(H,10,11);1-2H3/b14-10+;;. The molecule has 204 valence electrons. The summed E-state index contributed by atoms with van der Waals surface area (Å²) in [6, 6.07) is 7.40. The molecule has 37 heavy (non-hydrogen) atoms. The van der Waals surface area contributed by atoms with Crippen molar-refractivity contribution in [3.63, 3.8) is 0 Å². The van der Waals surface area contributed by atoms with Crippen molar-refractivity contribution in [1.29, 1.82) is 5.26 Å². The summed E-state index contributed by atoms with van der Waals surface area (Å²) in [5.74, 6) is -1.14. The number of alkyl halides is 3. The summed E-state index contributed by atoms with van der Waals surface area (Å²) in [5.41, 5.74) is 12.0. The van der Waals surface area contributed by atoms with Crippen LogP contribution in [0.3, 0.4) is 0 Å². The third-order valence-electron chi connectivity index (χ3n) is 5.68. The second-order valence-corrected chi connectivity index (χ2v) is 8.77. The number of carbonyl (C=O) groups excluding carboxylic acids is 2. The number of amides is 2. The molecule has 0 saturated heterocycles. The molecule has 6 N–H and O–H groups in total. The fraction of sp³-hybridized carbons (Fsp3) is 0.520. The van der Waals surface area contributed by atoms with Crippen molar-refractivity contribution in [1.82, 2.24) is 10.6 Å². The molecule has 0 aliphatic heterocycles. The number of nitriles is 1. The number of hydrogen-bond donors (Lipinski definition) is 4.